The minimum atomic E-state index is -4.58. The summed E-state index contributed by atoms with van der Waals surface area (Å²) in [5.74, 6) is 0.512. The van der Waals surface area contributed by atoms with E-state index in [0.29, 0.717) is 28.5 Å². The number of nitrogens with one attached hydrogen (secondary N) is 3. The molecule has 2 heterocycles. The van der Waals surface area contributed by atoms with Gasteiger partial charge < -0.3 is 10.6 Å². The molecule has 0 atom stereocenters. The van der Waals surface area contributed by atoms with Crippen molar-refractivity contribution in [1.29, 1.82) is 0 Å². The zero-order valence-electron chi connectivity index (χ0n) is 17.8. The van der Waals surface area contributed by atoms with Crippen LogP contribution in [0.1, 0.15) is 11.3 Å². The number of amides is 1. The lowest BCUT2D eigenvalue weighted by molar-refractivity contribution is -0.141. The van der Waals surface area contributed by atoms with Crippen LogP contribution in [0, 0.1) is 6.92 Å². The SMILES string of the molecule is CSc1cc(Cl)ccc1Nc1cc(Nc2cccc(C(F)(F)F)n2)nc(NN(C)C=O)c1C. The number of halogens is 4. The number of thioether (sulfide) groups is 1. The smallest absolute Gasteiger partial charge is 0.354 e. The van der Waals surface area contributed by atoms with Gasteiger partial charge in [0.25, 0.3) is 0 Å². The number of hydrogen-bond donors (Lipinski definition) is 3. The highest BCUT2D eigenvalue weighted by atomic mass is 35.5. The molecule has 12 heteroatoms. The van der Waals surface area contributed by atoms with E-state index in [9.17, 15) is 18.0 Å². The fourth-order valence-electron chi connectivity index (χ4n) is 2.81. The van der Waals surface area contributed by atoms with Crippen molar-refractivity contribution in [3.05, 3.63) is 58.7 Å². The van der Waals surface area contributed by atoms with Crippen LogP contribution >= 0.6 is 23.4 Å². The number of hydrazine groups is 1. The number of carbonyl (C=O) groups excluding carboxylic acids is 1. The van der Waals surface area contributed by atoms with Gasteiger partial charge >= 0.3 is 6.18 Å². The minimum Gasteiger partial charge on any atom is -0.354 e. The molecule has 3 aromatic rings. The number of benzene rings is 1. The van der Waals surface area contributed by atoms with Crippen molar-refractivity contribution < 1.29 is 18.0 Å². The molecule has 0 aliphatic carbocycles. The van der Waals surface area contributed by atoms with Gasteiger partial charge in [0.15, 0.2) is 5.82 Å². The van der Waals surface area contributed by atoms with Gasteiger partial charge in [-0.15, -0.1) is 11.8 Å². The third-order valence-corrected chi connectivity index (χ3v) is 5.45. The van der Waals surface area contributed by atoms with Gasteiger partial charge in [0.05, 0.1) is 5.69 Å². The number of rotatable bonds is 8. The number of alkyl halides is 3. The average Bonchev–Trinajstić information content (AvgIpc) is 2.77. The number of anilines is 5. The molecule has 3 rings (SSSR count). The maximum absolute atomic E-state index is 13.0. The molecule has 3 N–H and O–H groups in total. The van der Waals surface area contributed by atoms with Gasteiger partial charge in [-0.1, -0.05) is 17.7 Å². The lowest BCUT2D eigenvalue weighted by Crippen LogP contribution is -2.24. The van der Waals surface area contributed by atoms with E-state index in [0.717, 1.165) is 16.6 Å². The lowest BCUT2D eigenvalue weighted by atomic mass is 10.2. The molecule has 0 aliphatic rings. The second-order valence-corrected chi connectivity index (χ2v) is 8.14. The Labute approximate surface area is 197 Å². The third-order valence-electron chi connectivity index (χ3n) is 4.44. The topological polar surface area (TPSA) is 82.2 Å². The molecule has 0 saturated carbocycles. The van der Waals surface area contributed by atoms with Gasteiger partial charge in [-0.25, -0.2) is 9.97 Å². The molecule has 0 spiro atoms. The molecule has 0 unspecified atom stereocenters. The number of carbonyl (C=O) groups is 1. The first-order valence-corrected chi connectivity index (χ1v) is 11.1. The summed E-state index contributed by atoms with van der Waals surface area (Å²) in [7, 11) is 1.50. The van der Waals surface area contributed by atoms with Gasteiger partial charge in [-0.3, -0.25) is 15.2 Å². The molecular formula is C21H20ClF3N6OS. The first-order valence-electron chi connectivity index (χ1n) is 9.49. The zero-order valence-corrected chi connectivity index (χ0v) is 19.4. The van der Waals surface area contributed by atoms with Crippen LogP contribution < -0.4 is 16.1 Å². The van der Waals surface area contributed by atoms with Crippen molar-refractivity contribution in [3.8, 4) is 0 Å². The van der Waals surface area contributed by atoms with Gasteiger partial charge in [-0.2, -0.15) is 13.2 Å². The Bertz CT molecular complexity index is 1160. The van der Waals surface area contributed by atoms with E-state index in [-0.39, 0.29) is 11.6 Å². The van der Waals surface area contributed by atoms with Crippen LogP contribution in [0.4, 0.5) is 42.0 Å². The summed E-state index contributed by atoms with van der Waals surface area (Å²) in [5, 5.41) is 7.86. The van der Waals surface area contributed by atoms with Crippen LogP contribution in [0.2, 0.25) is 5.02 Å². The van der Waals surface area contributed by atoms with E-state index in [1.165, 1.54) is 36.0 Å². The Morgan fingerprint density at radius 2 is 1.82 bits per heavy atom. The molecule has 1 aromatic carbocycles. The normalized spacial score (nSPS) is 11.1. The van der Waals surface area contributed by atoms with Gasteiger partial charge in [0.1, 0.15) is 17.3 Å². The van der Waals surface area contributed by atoms with Crippen molar-refractivity contribution in [3.63, 3.8) is 0 Å². The Morgan fingerprint density at radius 3 is 2.48 bits per heavy atom. The van der Waals surface area contributed by atoms with E-state index >= 15 is 0 Å². The van der Waals surface area contributed by atoms with Crippen LogP contribution in [0.15, 0.2) is 47.4 Å². The van der Waals surface area contributed by atoms with Gasteiger partial charge in [0.2, 0.25) is 6.41 Å². The van der Waals surface area contributed by atoms with E-state index in [4.69, 9.17) is 11.6 Å². The van der Waals surface area contributed by atoms with Crippen LogP contribution in [0.25, 0.3) is 0 Å². The molecule has 7 nitrogen and oxygen atoms in total. The number of hydrogen-bond acceptors (Lipinski definition) is 7. The van der Waals surface area contributed by atoms with Gasteiger partial charge in [-0.05, 0) is 43.5 Å². The quantitative estimate of drug-likeness (QED) is 0.198. The summed E-state index contributed by atoms with van der Waals surface area (Å²) < 4.78 is 39.1. The summed E-state index contributed by atoms with van der Waals surface area (Å²) in [6, 6.07) is 10.6. The first-order chi connectivity index (χ1) is 15.6. The summed E-state index contributed by atoms with van der Waals surface area (Å²) in [4.78, 5) is 20.0. The zero-order chi connectivity index (χ0) is 24.2. The number of pyridine rings is 2. The largest absolute Gasteiger partial charge is 0.433 e. The lowest BCUT2D eigenvalue weighted by Gasteiger charge is -2.20. The average molecular weight is 497 g/mol. The highest BCUT2D eigenvalue weighted by Gasteiger charge is 2.32. The summed E-state index contributed by atoms with van der Waals surface area (Å²) in [6.07, 6.45) is -2.10. The summed E-state index contributed by atoms with van der Waals surface area (Å²) in [6.45, 7) is 1.79. The Kier molecular flexibility index (Phi) is 7.54. The molecule has 0 radical (unpaired) electrons. The number of aromatic nitrogens is 2. The standard InChI is InChI=1S/C21H20ClF3N6OS/c1-12-15(26-14-8-7-13(22)9-16(14)33-3)10-19(29-20(12)30-31(2)11-32)28-18-6-4-5-17(27-18)21(23,24)25/h4-11H,1-3H3,(H3,26,27,28,29,30). The van der Waals surface area contributed by atoms with Crippen LogP contribution in [0.5, 0.6) is 0 Å². The second kappa shape index (κ2) is 10.2. The van der Waals surface area contributed by atoms with E-state index in [1.807, 2.05) is 18.4 Å². The molecule has 0 bridgehead atoms. The molecular weight excluding hydrogens is 477 g/mol. The molecule has 0 aliphatic heterocycles. The molecule has 0 saturated heterocycles. The summed E-state index contributed by atoms with van der Waals surface area (Å²) in [5.41, 5.74) is 3.87. The maximum Gasteiger partial charge on any atom is 0.433 e. The molecule has 0 fully saturated rings. The van der Waals surface area contributed by atoms with Crippen molar-refractivity contribution in [1.82, 2.24) is 15.0 Å². The predicted molar refractivity (Wildman–Crippen MR) is 125 cm³/mol. The van der Waals surface area contributed by atoms with Crippen molar-refractivity contribution in [2.24, 2.45) is 0 Å². The Balaban J connectivity index is 2.02. The fraction of sp³-hybridized carbons (Fsp3) is 0.190. The monoisotopic (exact) mass is 496 g/mol. The van der Waals surface area contributed by atoms with Crippen molar-refractivity contribution in [2.45, 2.75) is 18.0 Å². The molecule has 1 amide bonds. The van der Waals surface area contributed by atoms with E-state index < -0.39 is 11.9 Å². The third kappa shape index (κ3) is 6.20. The van der Waals surface area contributed by atoms with Crippen LogP contribution in [-0.4, -0.2) is 34.7 Å². The highest BCUT2D eigenvalue weighted by molar-refractivity contribution is 7.98. The van der Waals surface area contributed by atoms with Crippen molar-refractivity contribution >= 4 is 58.6 Å². The molecule has 33 heavy (non-hydrogen) atoms. The first kappa shape index (κ1) is 24.5. The van der Waals surface area contributed by atoms with Gasteiger partial charge in [0, 0.05) is 34.3 Å². The summed E-state index contributed by atoms with van der Waals surface area (Å²) >= 11 is 7.59. The maximum atomic E-state index is 13.0. The predicted octanol–water partition coefficient (Wildman–Crippen LogP) is 6.08. The Morgan fingerprint density at radius 1 is 1.06 bits per heavy atom. The highest BCUT2D eigenvalue weighted by Crippen LogP contribution is 2.35. The second-order valence-electron chi connectivity index (χ2n) is 6.86. The van der Waals surface area contributed by atoms with Crippen molar-refractivity contribution in [2.75, 3.05) is 29.4 Å². The van der Waals surface area contributed by atoms with E-state index in [1.54, 1.807) is 19.1 Å². The van der Waals surface area contributed by atoms with Crippen LogP contribution in [0.3, 0.4) is 0 Å². The fourth-order valence-corrected chi connectivity index (χ4v) is 3.63. The van der Waals surface area contributed by atoms with Crippen LogP contribution in [-0.2, 0) is 11.0 Å². The minimum absolute atomic E-state index is 0.0295. The Hall–Kier alpha value is -3.18. The van der Waals surface area contributed by atoms with E-state index in [2.05, 4.69) is 26.0 Å². The number of nitrogens with zero attached hydrogens (tertiary/aromatic N) is 3. The molecule has 2 aromatic heterocycles. The molecule has 174 valence electrons.